The molecule has 4 rings (SSSR count). The van der Waals surface area contributed by atoms with Crippen LogP contribution in [0.15, 0.2) is 76.0 Å². The van der Waals surface area contributed by atoms with Crippen molar-refractivity contribution in [3.63, 3.8) is 0 Å². The van der Waals surface area contributed by atoms with Crippen LogP contribution in [0.3, 0.4) is 0 Å². The lowest BCUT2D eigenvalue weighted by molar-refractivity contribution is -0.119. The van der Waals surface area contributed by atoms with E-state index in [1.807, 2.05) is 60.8 Å². The Hall–Kier alpha value is -3.10. The second-order valence-corrected chi connectivity index (χ2v) is 9.91. The molecular formula is C26H27N3O3S2. The van der Waals surface area contributed by atoms with Gasteiger partial charge >= 0.3 is 0 Å². The number of nitrogens with zero attached hydrogens (tertiary/aromatic N) is 2. The van der Waals surface area contributed by atoms with Crippen molar-refractivity contribution in [2.24, 2.45) is 0 Å². The van der Waals surface area contributed by atoms with E-state index in [2.05, 4.69) is 22.4 Å². The molecule has 2 heterocycles. The minimum Gasteiger partial charge on any atom is -0.497 e. The van der Waals surface area contributed by atoms with Crippen LogP contribution < -0.4 is 15.6 Å². The van der Waals surface area contributed by atoms with E-state index >= 15 is 0 Å². The molecule has 0 aliphatic rings. The van der Waals surface area contributed by atoms with E-state index in [4.69, 9.17) is 4.74 Å². The van der Waals surface area contributed by atoms with Crippen LogP contribution >= 0.6 is 23.1 Å². The molecule has 1 atom stereocenters. The van der Waals surface area contributed by atoms with Crippen molar-refractivity contribution >= 4 is 39.2 Å². The third-order valence-corrected chi connectivity index (χ3v) is 7.32. The summed E-state index contributed by atoms with van der Waals surface area (Å²) in [6.45, 7) is 2.37. The van der Waals surface area contributed by atoms with Crippen LogP contribution in [0.5, 0.6) is 5.75 Å². The third kappa shape index (κ3) is 6.07. The molecule has 0 spiro atoms. The van der Waals surface area contributed by atoms with Crippen molar-refractivity contribution in [2.75, 3.05) is 12.9 Å². The number of amides is 1. The Kier molecular flexibility index (Phi) is 8.03. The van der Waals surface area contributed by atoms with Gasteiger partial charge in [0.05, 0.1) is 24.9 Å². The van der Waals surface area contributed by atoms with Gasteiger partial charge in [0.2, 0.25) is 5.91 Å². The van der Waals surface area contributed by atoms with Crippen LogP contribution in [0.1, 0.15) is 24.5 Å². The molecule has 0 radical (unpaired) electrons. The molecule has 6 nitrogen and oxygen atoms in total. The number of fused-ring (bicyclic) bond motifs is 1. The number of aromatic nitrogens is 2. The first-order valence-corrected chi connectivity index (χ1v) is 13.0. The molecule has 0 bridgehead atoms. The van der Waals surface area contributed by atoms with E-state index in [0.29, 0.717) is 21.9 Å². The zero-order valence-electron chi connectivity index (χ0n) is 19.2. The highest BCUT2D eigenvalue weighted by Gasteiger charge is 2.16. The fraction of sp³-hybridized carbons (Fsp3) is 0.269. The average Bonchev–Trinajstić information content (AvgIpc) is 3.33. The molecule has 2 aromatic carbocycles. The molecule has 0 fully saturated rings. The summed E-state index contributed by atoms with van der Waals surface area (Å²) in [4.78, 5) is 30.5. The van der Waals surface area contributed by atoms with Gasteiger partial charge in [-0.05, 0) is 54.5 Å². The number of rotatable bonds is 10. The van der Waals surface area contributed by atoms with Crippen molar-refractivity contribution in [3.05, 3.63) is 87.5 Å². The first-order valence-electron chi connectivity index (χ1n) is 11.1. The lowest BCUT2D eigenvalue weighted by Crippen LogP contribution is -2.34. The van der Waals surface area contributed by atoms with Crippen molar-refractivity contribution < 1.29 is 9.53 Å². The minimum atomic E-state index is -0.0954. The van der Waals surface area contributed by atoms with Crippen LogP contribution in [0, 0.1) is 0 Å². The first kappa shape index (κ1) is 24.0. The summed E-state index contributed by atoms with van der Waals surface area (Å²) >= 11 is 2.67. The number of nitrogens with one attached hydrogen (secondary N) is 1. The Bertz CT molecular complexity index is 1320. The summed E-state index contributed by atoms with van der Waals surface area (Å²) in [5.41, 5.74) is 2.76. The van der Waals surface area contributed by atoms with Crippen molar-refractivity contribution in [1.29, 1.82) is 0 Å². The molecule has 1 amide bonds. The average molecular weight is 494 g/mol. The Balaban J connectivity index is 1.44. The number of methoxy groups -OCH3 is 1. The predicted molar refractivity (Wildman–Crippen MR) is 139 cm³/mol. The van der Waals surface area contributed by atoms with E-state index in [-0.39, 0.29) is 23.3 Å². The maximum absolute atomic E-state index is 13.2. The van der Waals surface area contributed by atoms with Crippen LogP contribution in [-0.4, -0.2) is 34.4 Å². The largest absolute Gasteiger partial charge is 0.497 e. The number of hydrogen-bond acceptors (Lipinski definition) is 6. The fourth-order valence-corrected chi connectivity index (χ4v) is 5.26. The SMILES string of the molecule is COc1cccc(Cn2c(SCC(=O)NC(C)CCc3ccccc3)nc3ccsc3c2=O)c1. The van der Waals surface area contributed by atoms with Gasteiger partial charge in [-0.15, -0.1) is 11.3 Å². The van der Waals surface area contributed by atoms with E-state index in [1.165, 1.54) is 28.7 Å². The summed E-state index contributed by atoms with van der Waals surface area (Å²) in [6, 6.07) is 19.8. The maximum atomic E-state index is 13.2. The maximum Gasteiger partial charge on any atom is 0.272 e. The van der Waals surface area contributed by atoms with E-state index in [1.54, 1.807) is 11.7 Å². The van der Waals surface area contributed by atoms with Gasteiger partial charge in [0, 0.05) is 6.04 Å². The number of aryl methyl sites for hydroxylation is 1. The fourth-order valence-electron chi connectivity index (χ4n) is 3.67. The van der Waals surface area contributed by atoms with E-state index in [9.17, 15) is 9.59 Å². The monoisotopic (exact) mass is 493 g/mol. The van der Waals surface area contributed by atoms with E-state index in [0.717, 1.165) is 24.2 Å². The van der Waals surface area contributed by atoms with Crippen LogP contribution in [-0.2, 0) is 17.8 Å². The lowest BCUT2D eigenvalue weighted by Gasteiger charge is -2.15. The summed E-state index contributed by atoms with van der Waals surface area (Å²) in [5.74, 6) is 0.850. The second-order valence-electron chi connectivity index (χ2n) is 8.05. The Labute approximate surface area is 207 Å². The molecule has 1 unspecified atom stereocenters. The van der Waals surface area contributed by atoms with Gasteiger partial charge in [-0.25, -0.2) is 4.98 Å². The first-order chi connectivity index (χ1) is 16.5. The Morgan fingerprint density at radius 3 is 2.74 bits per heavy atom. The topological polar surface area (TPSA) is 73.2 Å². The number of ether oxygens (including phenoxy) is 1. The quantitative estimate of drug-likeness (QED) is 0.255. The number of thioether (sulfide) groups is 1. The molecule has 0 saturated carbocycles. The van der Waals surface area contributed by atoms with Gasteiger partial charge in [-0.1, -0.05) is 54.2 Å². The summed E-state index contributed by atoms with van der Waals surface area (Å²) < 4.78 is 7.58. The molecule has 8 heteroatoms. The van der Waals surface area contributed by atoms with Gasteiger partial charge in [-0.3, -0.25) is 14.2 Å². The second kappa shape index (κ2) is 11.4. The highest BCUT2D eigenvalue weighted by molar-refractivity contribution is 7.99. The van der Waals surface area contributed by atoms with E-state index < -0.39 is 0 Å². The molecular weight excluding hydrogens is 466 g/mol. The minimum absolute atomic E-state index is 0.0552. The van der Waals surface area contributed by atoms with Crippen LogP contribution in [0.4, 0.5) is 0 Å². The standard InChI is InChI=1S/C26H27N3O3S2/c1-18(11-12-19-7-4-3-5-8-19)27-23(30)17-34-26-28-22-13-14-33-24(22)25(31)29(26)16-20-9-6-10-21(15-20)32-2/h3-10,13-15,18H,11-12,16-17H2,1-2H3,(H,27,30). The van der Waals surface area contributed by atoms with Gasteiger partial charge in [0.25, 0.3) is 5.56 Å². The molecule has 0 aliphatic heterocycles. The summed E-state index contributed by atoms with van der Waals surface area (Å²) in [6.07, 6.45) is 1.77. The highest BCUT2D eigenvalue weighted by atomic mass is 32.2. The number of hydrogen-bond donors (Lipinski definition) is 1. The van der Waals surface area contributed by atoms with Crippen LogP contribution in [0.2, 0.25) is 0 Å². The molecule has 176 valence electrons. The van der Waals surface area contributed by atoms with Crippen molar-refractivity contribution in [2.45, 2.75) is 37.5 Å². The lowest BCUT2D eigenvalue weighted by atomic mass is 10.1. The van der Waals surface area contributed by atoms with Gasteiger partial charge in [0.1, 0.15) is 10.4 Å². The smallest absolute Gasteiger partial charge is 0.272 e. The zero-order chi connectivity index (χ0) is 23.9. The summed E-state index contributed by atoms with van der Waals surface area (Å²) in [5, 5.41) is 5.46. The summed E-state index contributed by atoms with van der Waals surface area (Å²) in [7, 11) is 1.62. The molecule has 2 aromatic heterocycles. The van der Waals surface area contributed by atoms with Gasteiger partial charge in [-0.2, -0.15) is 0 Å². The Morgan fingerprint density at radius 2 is 1.94 bits per heavy atom. The molecule has 1 N–H and O–H groups in total. The van der Waals surface area contributed by atoms with Crippen LogP contribution in [0.25, 0.3) is 10.2 Å². The van der Waals surface area contributed by atoms with Crippen molar-refractivity contribution in [1.82, 2.24) is 14.9 Å². The number of thiophene rings is 1. The molecule has 0 aliphatic carbocycles. The predicted octanol–water partition coefficient (Wildman–Crippen LogP) is 4.74. The van der Waals surface area contributed by atoms with Gasteiger partial charge < -0.3 is 10.1 Å². The zero-order valence-corrected chi connectivity index (χ0v) is 20.8. The van der Waals surface area contributed by atoms with Crippen molar-refractivity contribution in [3.8, 4) is 5.75 Å². The number of benzene rings is 2. The number of carbonyl (C=O) groups excluding carboxylic acids is 1. The molecule has 0 saturated heterocycles. The molecule has 4 aromatic rings. The molecule has 34 heavy (non-hydrogen) atoms. The third-order valence-electron chi connectivity index (χ3n) is 5.45. The normalized spacial score (nSPS) is 11.9. The van der Waals surface area contributed by atoms with Gasteiger partial charge in [0.15, 0.2) is 5.16 Å². The highest BCUT2D eigenvalue weighted by Crippen LogP contribution is 2.22. The number of carbonyl (C=O) groups is 1. The Morgan fingerprint density at radius 1 is 1.15 bits per heavy atom.